The molecule has 0 fully saturated rings. The highest BCUT2D eigenvalue weighted by atomic mass is 32.2. The van der Waals surface area contributed by atoms with Crippen LogP contribution in [-0.4, -0.2) is 45.3 Å². The van der Waals surface area contributed by atoms with Crippen LogP contribution in [0.4, 0.5) is 0 Å². The van der Waals surface area contributed by atoms with Gasteiger partial charge in [0.25, 0.3) is 0 Å². The summed E-state index contributed by atoms with van der Waals surface area (Å²) in [4.78, 5) is 0.280. The fourth-order valence-corrected chi connectivity index (χ4v) is 2.57. The number of thiocarbonyl (C=S) groups is 1. The Morgan fingerprint density at radius 3 is 2.45 bits per heavy atom. The predicted molar refractivity (Wildman–Crippen MR) is 92.0 cm³/mol. The summed E-state index contributed by atoms with van der Waals surface area (Å²) in [5.74, 6) is 0. The molecule has 0 aromatic heterocycles. The second-order valence-corrected chi connectivity index (χ2v) is 7.36. The zero-order chi connectivity index (χ0) is 16.8. The molecule has 0 radical (unpaired) electrons. The molecule has 22 heavy (non-hydrogen) atoms. The van der Waals surface area contributed by atoms with Crippen molar-refractivity contribution in [2.75, 3.05) is 20.0 Å². The second kappa shape index (κ2) is 8.21. The Bertz CT molecular complexity index is 640. The van der Waals surface area contributed by atoms with Gasteiger partial charge in [-0.1, -0.05) is 12.1 Å². The van der Waals surface area contributed by atoms with E-state index in [0.29, 0.717) is 17.4 Å². The lowest BCUT2D eigenvalue weighted by atomic mass is 10.1. The molecule has 1 atom stereocenters. The first kappa shape index (κ1) is 18.5. The topological polar surface area (TPSA) is 79.8 Å². The Hall–Kier alpha value is -1.51. The molecule has 0 aliphatic rings. The molecule has 122 valence electrons. The third-order valence-electron chi connectivity index (χ3n) is 2.82. The third kappa shape index (κ3) is 6.08. The molecule has 0 spiro atoms. The first-order chi connectivity index (χ1) is 10.2. The summed E-state index contributed by atoms with van der Waals surface area (Å²) in [6, 6.07) is 6.61. The molecule has 1 rings (SSSR count). The number of hydrogen-bond acceptors (Lipinski definition) is 5. The lowest BCUT2D eigenvalue weighted by molar-refractivity contribution is 0.179. The van der Waals surface area contributed by atoms with Crippen molar-refractivity contribution in [3.05, 3.63) is 29.8 Å². The maximum absolute atomic E-state index is 11.4. The molecular weight excluding hydrogens is 322 g/mol. The fraction of sp³-hybridized carbons (Fsp3) is 0.429. The van der Waals surface area contributed by atoms with Crippen molar-refractivity contribution in [1.29, 1.82) is 0 Å². The smallest absolute Gasteiger partial charge is 0.187 e. The van der Waals surface area contributed by atoms with Crippen molar-refractivity contribution >= 4 is 32.9 Å². The number of benzene rings is 1. The highest BCUT2D eigenvalue weighted by molar-refractivity contribution is 7.90. The van der Waals surface area contributed by atoms with Gasteiger partial charge in [-0.25, -0.2) is 8.42 Å². The van der Waals surface area contributed by atoms with Crippen molar-refractivity contribution in [3.63, 3.8) is 0 Å². The van der Waals surface area contributed by atoms with Crippen molar-refractivity contribution in [2.45, 2.75) is 24.8 Å². The first-order valence-electron chi connectivity index (χ1n) is 6.64. The van der Waals surface area contributed by atoms with Gasteiger partial charge in [0.15, 0.2) is 14.9 Å². The van der Waals surface area contributed by atoms with Crippen LogP contribution in [0.25, 0.3) is 0 Å². The quantitative estimate of drug-likeness (QED) is 0.461. The third-order valence-corrected chi connectivity index (χ3v) is 4.16. The van der Waals surface area contributed by atoms with E-state index in [1.54, 1.807) is 31.4 Å². The number of hydrogen-bond donors (Lipinski definition) is 2. The Kier molecular flexibility index (Phi) is 6.92. The van der Waals surface area contributed by atoms with Crippen molar-refractivity contribution in [2.24, 2.45) is 5.10 Å². The molecule has 1 aromatic carbocycles. The van der Waals surface area contributed by atoms with Crippen LogP contribution in [0, 0.1) is 0 Å². The Morgan fingerprint density at radius 1 is 1.36 bits per heavy atom. The van der Waals surface area contributed by atoms with Gasteiger partial charge in [-0.15, -0.1) is 0 Å². The van der Waals surface area contributed by atoms with E-state index in [4.69, 9.17) is 17.0 Å². The Labute approximate surface area is 136 Å². The minimum absolute atomic E-state index is 0.0783. The normalized spacial score (nSPS) is 13.5. The maximum atomic E-state index is 11.4. The van der Waals surface area contributed by atoms with E-state index >= 15 is 0 Å². The maximum Gasteiger partial charge on any atom is 0.187 e. The van der Waals surface area contributed by atoms with Gasteiger partial charge in [0, 0.05) is 19.4 Å². The molecule has 0 unspecified atom stereocenters. The number of nitrogens with zero attached hydrogens (tertiary/aromatic N) is 1. The van der Waals surface area contributed by atoms with E-state index in [-0.39, 0.29) is 10.9 Å². The van der Waals surface area contributed by atoms with Crippen LogP contribution in [0.5, 0.6) is 0 Å². The summed E-state index contributed by atoms with van der Waals surface area (Å²) in [6.45, 7) is 4.29. The van der Waals surface area contributed by atoms with Gasteiger partial charge < -0.3 is 10.1 Å². The molecule has 2 N–H and O–H groups in total. The zero-order valence-electron chi connectivity index (χ0n) is 13.1. The van der Waals surface area contributed by atoms with E-state index in [1.807, 2.05) is 13.8 Å². The summed E-state index contributed by atoms with van der Waals surface area (Å²) >= 11 is 5.12. The lowest BCUT2D eigenvalue weighted by Crippen LogP contribution is -2.40. The standard InChI is InChI=1S/C14H21N3O3S2/c1-10(9-20-3)15-14(21)17-16-11(2)12-5-7-13(8-6-12)22(4,18)19/h5-8,10H,9H2,1-4H3,(H2,15,17,21)/b16-11-/t10-/m1/s1. The summed E-state index contributed by atoms with van der Waals surface area (Å²) in [7, 11) is -1.57. The van der Waals surface area contributed by atoms with Crippen LogP contribution in [0.1, 0.15) is 19.4 Å². The number of nitrogens with one attached hydrogen (secondary N) is 2. The molecule has 6 nitrogen and oxygen atoms in total. The van der Waals surface area contributed by atoms with Crippen LogP contribution in [0.3, 0.4) is 0 Å². The van der Waals surface area contributed by atoms with E-state index in [9.17, 15) is 8.42 Å². The molecule has 1 aromatic rings. The largest absolute Gasteiger partial charge is 0.383 e. The SMILES string of the molecule is COC[C@@H](C)NC(=S)N/N=C(/C)c1ccc(S(C)(=O)=O)cc1. The number of methoxy groups -OCH3 is 1. The second-order valence-electron chi connectivity index (χ2n) is 4.94. The highest BCUT2D eigenvalue weighted by Crippen LogP contribution is 2.10. The lowest BCUT2D eigenvalue weighted by Gasteiger charge is -2.14. The van der Waals surface area contributed by atoms with E-state index in [2.05, 4.69) is 15.8 Å². The average Bonchev–Trinajstić information content (AvgIpc) is 2.44. The van der Waals surface area contributed by atoms with Gasteiger partial charge in [-0.2, -0.15) is 5.10 Å². The molecule has 0 saturated carbocycles. The summed E-state index contributed by atoms with van der Waals surface area (Å²) < 4.78 is 27.8. The minimum Gasteiger partial charge on any atom is -0.383 e. The monoisotopic (exact) mass is 343 g/mol. The van der Waals surface area contributed by atoms with Gasteiger partial charge in [0.2, 0.25) is 0 Å². The zero-order valence-corrected chi connectivity index (χ0v) is 14.7. The number of rotatable bonds is 6. The van der Waals surface area contributed by atoms with E-state index in [0.717, 1.165) is 5.56 Å². The van der Waals surface area contributed by atoms with Crippen LogP contribution in [0.15, 0.2) is 34.3 Å². The molecule has 0 saturated heterocycles. The molecule has 0 aliphatic carbocycles. The number of ether oxygens (including phenoxy) is 1. The highest BCUT2D eigenvalue weighted by Gasteiger charge is 2.07. The molecule has 0 bridgehead atoms. The van der Waals surface area contributed by atoms with E-state index in [1.165, 1.54) is 6.26 Å². The predicted octanol–water partition coefficient (Wildman–Crippen LogP) is 1.31. The van der Waals surface area contributed by atoms with Crippen LogP contribution >= 0.6 is 12.2 Å². The van der Waals surface area contributed by atoms with Gasteiger partial charge in [-0.05, 0) is 43.8 Å². The molecule has 0 amide bonds. The molecule has 0 aliphatic heterocycles. The van der Waals surface area contributed by atoms with Crippen molar-refractivity contribution in [3.8, 4) is 0 Å². The van der Waals surface area contributed by atoms with Crippen LogP contribution < -0.4 is 10.7 Å². The summed E-state index contributed by atoms with van der Waals surface area (Å²) in [5, 5.41) is 7.60. The number of sulfone groups is 1. The van der Waals surface area contributed by atoms with Crippen molar-refractivity contribution < 1.29 is 13.2 Å². The minimum atomic E-state index is -3.19. The Balaban J connectivity index is 2.67. The van der Waals surface area contributed by atoms with Gasteiger partial charge in [0.05, 0.1) is 17.2 Å². The summed E-state index contributed by atoms with van der Waals surface area (Å²) in [6.07, 6.45) is 1.18. The van der Waals surface area contributed by atoms with Crippen LogP contribution in [-0.2, 0) is 14.6 Å². The summed E-state index contributed by atoms with van der Waals surface area (Å²) in [5.41, 5.74) is 4.26. The van der Waals surface area contributed by atoms with E-state index < -0.39 is 9.84 Å². The van der Waals surface area contributed by atoms with Crippen molar-refractivity contribution in [1.82, 2.24) is 10.7 Å². The van der Waals surface area contributed by atoms with Gasteiger partial charge in [0.1, 0.15) is 0 Å². The van der Waals surface area contributed by atoms with Gasteiger partial charge in [-0.3, -0.25) is 5.43 Å². The van der Waals surface area contributed by atoms with Crippen LogP contribution in [0.2, 0.25) is 0 Å². The number of hydrazone groups is 1. The molecular formula is C14H21N3O3S2. The van der Waals surface area contributed by atoms with Gasteiger partial charge >= 0.3 is 0 Å². The molecule has 0 heterocycles. The molecule has 8 heteroatoms. The Morgan fingerprint density at radius 2 is 1.95 bits per heavy atom. The fourth-order valence-electron chi connectivity index (χ4n) is 1.69. The first-order valence-corrected chi connectivity index (χ1v) is 8.94. The average molecular weight is 343 g/mol.